The fourth-order valence-corrected chi connectivity index (χ4v) is 2.52. The fraction of sp³-hybridized carbons (Fsp3) is 0.250. The molecule has 134 valence electrons. The van der Waals surface area contributed by atoms with Crippen LogP contribution in [0.2, 0.25) is 0 Å². The standard InChI is InChI=1S/C20H20N2O4/c1-14-18(22-20(26-14)16-6-4-9-21-13-16)8-10-25-17-7-3-5-15(11-17)12-19(23)24-2/h3-7,9,11,13H,8,10,12H2,1-2H3. The maximum Gasteiger partial charge on any atom is 0.309 e. The molecule has 0 saturated heterocycles. The number of rotatable bonds is 7. The molecule has 2 aromatic heterocycles. The molecule has 0 aliphatic heterocycles. The van der Waals surface area contributed by atoms with Gasteiger partial charge in [0.05, 0.1) is 31.4 Å². The molecule has 0 atom stereocenters. The largest absolute Gasteiger partial charge is 0.493 e. The second kappa shape index (κ2) is 8.29. The van der Waals surface area contributed by atoms with Crippen molar-refractivity contribution in [2.75, 3.05) is 13.7 Å². The normalized spacial score (nSPS) is 10.5. The fourth-order valence-electron chi connectivity index (χ4n) is 2.52. The number of carbonyl (C=O) groups excluding carboxylic acids is 1. The Balaban J connectivity index is 1.59. The molecule has 0 amide bonds. The van der Waals surface area contributed by atoms with E-state index >= 15 is 0 Å². The number of pyridine rings is 1. The van der Waals surface area contributed by atoms with Gasteiger partial charge >= 0.3 is 5.97 Å². The van der Waals surface area contributed by atoms with Crippen LogP contribution in [-0.2, 0) is 22.4 Å². The number of hydrogen-bond donors (Lipinski definition) is 0. The first-order valence-corrected chi connectivity index (χ1v) is 8.31. The second-order valence-electron chi connectivity index (χ2n) is 5.76. The molecule has 0 aliphatic carbocycles. The van der Waals surface area contributed by atoms with E-state index in [2.05, 4.69) is 14.7 Å². The van der Waals surface area contributed by atoms with Crippen molar-refractivity contribution in [3.8, 4) is 17.2 Å². The Bertz CT molecular complexity index is 875. The van der Waals surface area contributed by atoms with E-state index in [4.69, 9.17) is 9.15 Å². The third-order valence-electron chi connectivity index (χ3n) is 3.88. The Morgan fingerprint density at radius 2 is 2.12 bits per heavy atom. The van der Waals surface area contributed by atoms with Crippen molar-refractivity contribution in [2.24, 2.45) is 0 Å². The first-order valence-electron chi connectivity index (χ1n) is 8.31. The minimum Gasteiger partial charge on any atom is -0.493 e. The highest BCUT2D eigenvalue weighted by Crippen LogP contribution is 2.21. The van der Waals surface area contributed by atoms with E-state index in [1.807, 2.05) is 43.3 Å². The van der Waals surface area contributed by atoms with Crippen LogP contribution in [0.5, 0.6) is 5.75 Å². The number of hydrogen-bond acceptors (Lipinski definition) is 6. The molecular formula is C20H20N2O4. The molecule has 0 unspecified atom stereocenters. The number of esters is 1. The van der Waals surface area contributed by atoms with Crippen LogP contribution in [-0.4, -0.2) is 29.7 Å². The van der Waals surface area contributed by atoms with Gasteiger partial charge in [0.2, 0.25) is 5.89 Å². The molecule has 1 aromatic carbocycles. The molecule has 0 saturated carbocycles. The summed E-state index contributed by atoms with van der Waals surface area (Å²) in [5, 5.41) is 0. The van der Waals surface area contributed by atoms with E-state index in [0.29, 0.717) is 24.7 Å². The molecular weight excluding hydrogens is 332 g/mol. The Morgan fingerprint density at radius 1 is 1.23 bits per heavy atom. The Kier molecular flexibility index (Phi) is 5.63. The molecule has 26 heavy (non-hydrogen) atoms. The topological polar surface area (TPSA) is 74.5 Å². The summed E-state index contributed by atoms with van der Waals surface area (Å²) in [5.41, 5.74) is 2.55. The van der Waals surface area contributed by atoms with Crippen LogP contribution in [0.1, 0.15) is 17.0 Å². The summed E-state index contributed by atoms with van der Waals surface area (Å²) in [6.07, 6.45) is 4.28. The molecule has 0 bridgehead atoms. The molecule has 0 fully saturated rings. The van der Waals surface area contributed by atoms with Gasteiger partial charge in [0.25, 0.3) is 0 Å². The number of benzene rings is 1. The zero-order chi connectivity index (χ0) is 18.4. The smallest absolute Gasteiger partial charge is 0.309 e. The van der Waals surface area contributed by atoms with Crippen molar-refractivity contribution in [1.29, 1.82) is 0 Å². The van der Waals surface area contributed by atoms with Gasteiger partial charge in [-0.2, -0.15) is 0 Å². The summed E-state index contributed by atoms with van der Waals surface area (Å²) in [5.74, 6) is 1.76. The molecule has 0 spiro atoms. The van der Waals surface area contributed by atoms with E-state index in [1.54, 1.807) is 12.4 Å². The molecule has 3 rings (SSSR count). The van der Waals surface area contributed by atoms with Gasteiger partial charge in [-0.05, 0) is 36.8 Å². The van der Waals surface area contributed by atoms with Gasteiger partial charge in [0, 0.05) is 18.8 Å². The average molecular weight is 352 g/mol. The third kappa shape index (κ3) is 4.47. The monoisotopic (exact) mass is 352 g/mol. The van der Waals surface area contributed by atoms with Gasteiger partial charge in [-0.15, -0.1) is 0 Å². The molecule has 6 nitrogen and oxygen atoms in total. The molecule has 0 N–H and O–H groups in total. The van der Waals surface area contributed by atoms with Gasteiger partial charge in [-0.25, -0.2) is 4.98 Å². The zero-order valence-electron chi connectivity index (χ0n) is 14.8. The summed E-state index contributed by atoms with van der Waals surface area (Å²) in [6, 6.07) is 11.2. The van der Waals surface area contributed by atoms with Gasteiger partial charge in [0.1, 0.15) is 11.5 Å². The van der Waals surface area contributed by atoms with Crippen molar-refractivity contribution >= 4 is 5.97 Å². The third-order valence-corrected chi connectivity index (χ3v) is 3.88. The summed E-state index contributed by atoms with van der Waals surface area (Å²) < 4.78 is 16.2. The Labute approximate surface area is 151 Å². The van der Waals surface area contributed by atoms with Crippen molar-refractivity contribution in [3.05, 3.63) is 65.8 Å². The molecule has 0 radical (unpaired) electrons. The first-order chi connectivity index (χ1) is 12.7. The first kappa shape index (κ1) is 17.7. The van der Waals surface area contributed by atoms with Crippen molar-refractivity contribution in [1.82, 2.24) is 9.97 Å². The van der Waals surface area contributed by atoms with Crippen molar-refractivity contribution < 1.29 is 18.7 Å². The lowest BCUT2D eigenvalue weighted by molar-refractivity contribution is -0.139. The molecule has 0 aliphatic rings. The lowest BCUT2D eigenvalue weighted by Gasteiger charge is -2.07. The van der Waals surface area contributed by atoms with E-state index in [9.17, 15) is 4.79 Å². The highest BCUT2D eigenvalue weighted by Gasteiger charge is 2.11. The number of nitrogens with zero attached hydrogens (tertiary/aromatic N) is 2. The number of aryl methyl sites for hydroxylation is 1. The van der Waals surface area contributed by atoms with E-state index in [1.165, 1.54) is 7.11 Å². The number of ether oxygens (including phenoxy) is 2. The maximum atomic E-state index is 11.4. The zero-order valence-corrected chi connectivity index (χ0v) is 14.8. The van der Waals surface area contributed by atoms with Gasteiger partial charge < -0.3 is 13.9 Å². The molecule has 6 heteroatoms. The maximum absolute atomic E-state index is 11.4. The summed E-state index contributed by atoms with van der Waals surface area (Å²) in [6.45, 7) is 2.35. The highest BCUT2D eigenvalue weighted by atomic mass is 16.5. The Hall–Kier alpha value is -3.15. The van der Waals surface area contributed by atoms with Crippen LogP contribution in [0, 0.1) is 6.92 Å². The predicted octanol–water partition coefficient (Wildman–Crippen LogP) is 3.38. The average Bonchev–Trinajstić information content (AvgIpc) is 3.03. The van der Waals surface area contributed by atoms with Gasteiger partial charge in [-0.1, -0.05) is 12.1 Å². The molecule has 2 heterocycles. The van der Waals surface area contributed by atoms with Crippen molar-refractivity contribution in [3.63, 3.8) is 0 Å². The number of methoxy groups -OCH3 is 1. The van der Waals surface area contributed by atoms with E-state index in [0.717, 1.165) is 22.6 Å². The van der Waals surface area contributed by atoms with E-state index in [-0.39, 0.29) is 12.4 Å². The van der Waals surface area contributed by atoms with Crippen molar-refractivity contribution in [2.45, 2.75) is 19.8 Å². The lowest BCUT2D eigenvalue weighted by Crippen LogP contribution is -2.06. The number of oxazole rings is 1. The minimum absolute atomic E-state index is 0.227. The molecule has 3 aromatic rings. The SMILES string of the molecule is COC(=O)Cc1cccc(OCCc2nc(-c3cccnc3)oc2C)c1. The van der Waals surface area contributed by atoms with Crippen LogP contribution in [0.3, 0.4) is 0 Å². The quantitative estimate of drug-likeness (QED) is 0.607. The van der Waals surface area contributed by atoms with Crippen LogP contribution in [0.4, 0.5) is 0 Å². The summed E-state index contributed by atoms with van der Waals surface area (Å²) >= 11 is 0. The van der Waals surface area contributed by atoms with Crippen LogP contribution >= 0.6 is 0 Å². The van der Waals surface area contributed by atoms with E-state index < -0.39 is 0 Å². The number of carbonyl (C=O) groups is 1. The minimum atomic E-state index is -0.275. The lowest BCUT2D eigenvalue weighted by atomic mass is 10.1. The highest BCUT2D eigenvalue weighted by molar-refractivity contribution is 5.72. The van der Waals surface area contributed by atoms with Gasteiger partial charge in [0.15, 0.2) is 0 Å². The van der Waals surface area contributed by atoms with Crippen LogP contribution < -0.4 is 4.74 Å². The number of aromatic nitrogens is 2. The Morgan fingerprint density at radius 3 is 2.88 bits per heavy atom. The van der Waals surface area contributed by atoms with Crippen LogP contribution in [0.15, 0.2) is 53.2 Å². The summed E-state index contributed by atoms with van der Waals surface area (Å²) in [7, 11) is 1.38. The predicted molar refractivity (Wildman–Crippen MR) is 95.8 cm³/mol. The summed E-state index contributed by atoms with van der Waals surface area (Å²) in [4.78, 5) is 20.0. The van der Waals surface area contributed by atoms with Gasteiger partial charge in [-0.3, -0.25) is 9.78 Å². The van der Waals surface area contributed by atoms with Crippen LogP contribution in [0.25, 0.3) is 11.5 Å². The second-order valence-corrected chi connectivity index (χ2v) is 5.76.